The number of anilines is 2. The molecular formula is C11H15N5OS. The number of likely N-dealkylation sites (N-methyl/N-ethyl adjacent to an activating group) is 1. The van der Waals surface area contributed by atoms with Crippen LogP contribution in [0.25, 0.3) is 10.2 Å². The molecule has 0 saturated carbocycles. The maximum Gasteiger partial charge on any atom is 0.244 e. The number of thiophene rings is 1. The second-order valence-electron chi connectivity index (χ2n) is 4.17. The Balaban J connectivity index is 2.31. The van der Waals surface area contributed by atoms with Crippen molar-refractivity contribution in [1.82, 2.24) is 14.9 Å². The summed E-state index contributed by atoms with van der Waals surface area (Å²) in [5, 5.41) is 5.88. The van der Waals surface area contributed by atoms with Gasteiger partial charge in [-0.2, -0.15) is 4.98 Å². The van der Waals surface area contributed by atoms with Crippen LogP contribution in [0.1, 0.15) is 6.92 Å². The lowest BCUT2D eigenvalue weighted by Crippen LogP contribution is -2.36. The zero-order valence-electron chi connectivity index (χ0n) is 10.5. The molecule has 0 bridgehead atoms. The van der Waals surface area contributed by atoms with E-state index in [0.29, 0.717) is 5.82 Å². The average Bonchev–Trinajstić information content (AvgIpc) is 2.75. The summed E-state index contributed by atoms with van der Waals surface area (Å²) >= 11 is 1.49. The highest BCUT2D eigenvalue weighted by atomic mass is 32.1. The predicted molar refractivity (Wildman–Crippen MR) is 73.6 cm³/mol. The Morgan fingerprint density at radius 2 is 2.22 bits per heavy atom. The van der Waals surface area contributed by atoms with Gasteiger partial charge in [0.15, 0.2) is 0 Å². The fraction of sp³-hybridized carbons (Fsp3) is 0.364. The summed E-state index contributed by atoms with van der Waals surface area (Å²) in [5.41, 5.74) is 5.64. The van der Waals surface area contributed by atoms with E-state index in [1.807, 2.05) is 11.4 Å². The summed E-state index contributed by atoms with van der Waals surface area (Å²) in [4.78, 5) is 22.4. The average molecular weight is 265 g/mol. The number of carbonyl (C=O) groups is 1. The monoisotopic (exact) mass is 265 g/mol. The van der Waals surface area contributed by atoms with Crippen molar-refractivity contribution in [3.05, 3.63) is 11.4 Å². The summed E-state index contributed by atoms with van der Waals surface area (Å²) in [6.07, 6.45) is 0. The smallest absolute Gasteiger partial charge is 0.244 e. The fourth-order valence-corrected chi connectivity index (χ4v) is 2.41. The van der Waals surface area contributed by atoms with Crippen molar-refractivity contribution in [2.24, 2.45) is 0 Å². The molecule has 1 unspecified atom stereocenters. The van der Waals surface area contributed by atoms with Crippen molar-refractivity contribution >= 4 is 39.2 Å². The molecule has 3 N–H and O–H groups in total. The number of nitrogens with two attached hydrogens (primary N) is 1. The first-order valence-electron chi connectivity index (χ1n) is 5.47. The molecule has 2 aromatic heterocycles. The SMILES string of the molecule is CC(Nc1nc(N)nc2sccc12)C(=O)N(C)C. The van der Waals surface area contributed by atoms with E-state index in [1.54, 1.807) is 21.0 Å². The minimum Gasteiger partial charge on any atom is -0.368 e. The molecule has 0 saturated heterocycles. The van der Waals surface area contributed by atoms with Crippen LogP contribution in [0.3, 0.4) is 0 Å². The number of rotatable bonds is 3. The third kappa shape index (κ3) is 2.35. The lowest BCUT2D eigenvalue weighted by Gasteiger charge is -2.18. The fourth-order valence-electron chi connectivity index (χ4n) is 1.64. The molecule has 0 aliphatic carbocycles. The second kappa shape index (κ2) is 4.77. The van der Waals surface area contributed by atoms with Crippen molar-refractivity contribution in [3.8, 4) is 0 Å². The van der Waals surface area contributed by atoms with E-state index in [4.69, 9.17) is 5.73 Å². The van der Waals surface area contributed by atoms with Crippen LogP contribution in [0.15, 0.2) is 11.4 Å². The minimum absolute atomic E-state index is 0.0180. The molecule has 2 rings (SSSR count). The first kappa shape index (κ1) is 12.6. The standard InChI is InChI=1S/C11H15N5OS/c1-6(10(17)16(2)3)13-8-7-4-5-18-9(7)15-11(12)14-8/h4-6H,1-3H3,(H3,12,13,14,15). The van der Waals surface area contributed by atoms with Gasteiger partial charge in [-0.15, -0.1) is 11.3 Å². The van der Waals surface area contributed by atoms with Gasteiger partial charge in [-0.25, -0.2) is 4.98 Å². The Labute approximate surface area is 109 Å². The molecule has 18 heavy (non-hydrogen) atoms. The number of amides is 1. The molecule has 6 nitrogen and oxygen atoms in total. The molecule has 96 valence electrons. The van der Waals surface area contributed by atoms with Crippen LogP contribution in [0, 0.1) is 0 Å². The van der Waals surface area contributed by atoms with Crippen LogP contribution in [0.2, 0.25) is 0 Å². The predicted octanol–water partition coefficient (Wildman–Crippen LogP) is 1.16. The quantitative estimate of drug-likeness (QED) is 0.870. The maximum absolute atomic E-state index is 11.8. The Hall–Kier alpha value is -1.89. The summed E-state index contributed by atoms with van der Waals surface area (Å²) < 4.78 is 0. The summed E-state index contributed by atoms with van der Waals surface area (Å²) in [7, 11) is 3.43. The molecule has 0 aliphatic heterocycles. The van der Waals surface area contributed by atoms with Crippen molar-refractivity contribution in [2.45, 2.75) is 13.0 Å². The van der Waals surface area contributed by atoms with Gasteiger partial charge in [-0.05, 0) is 18.4 Å². The third-order valence-electron chi connectivity index (χ3n) is 2.51. The molecule has 2 heterocycles. The molecule has 0 spiro atoms. The van der Waals surface area contributed by atoms with E-state index >= 15 is 0 Å². The van der Waals surface area contributed by atoms with E-state index in [1.165, 1.54) is 16.2 Å². The molecule has 0 aromatic carbocycles. The van der Waals surface area contributed by atoms with E-state index in [9.17, 15) is 4.79 Å². The van der Waals surface area contributed by atoms with Crippen LogP contribution in [0.5, 0.6) is 0 Å². The lowest BCUT2D eigenvalue weighted by atomic mass is 10.3. The van der Waals surface area contributed by atoms with Gasteiger partial charge in [0.05, 0.1) is 5.39 Å². The van der Waals surface area contributed by atoms with Crippen molar-refractivity contribution < 1.29 is 4.79 Å². The van der Waals surface area contributed by atoms with Gasteiger partial charge in [-0.1, -0.05) is 0 Å². The minimum atomic E-state index is -0.364. The number of hydrogen-bond donors (Lipinski definition) is 2. The van der Waals surface area contributed by atoms with Gasteiger partial charge in [0.25, 0.3) is 0 Å². The second-order valence-corrected chi connectivity index (χ2v) is 5.06. The van der Waals surface area contributed by atoms with Crippen LogP contribution < -0.4 is 11.1 Å². The number of nitrogens with zero attached hydrogens (tertiary/aromatic N) is 3. The molecular weight excluding hydrogens is 250 g/mol. The number of nitrogens with one attached hydrogen (secondary N) is 1. The summed E-state index contributed by atoms with van der Waals surface area (Å²) in [6, 6.07) is 1.55. The summed E-state index contributed by atoms with van der Waals surface area (Å²) in [5.74, 6) is 0.786. The molecule has 0 fully saturated rings. The number of hydrogen-bond acceptors (Lipinski definition) is 6. The van der Waals surface area contributed by atoms with Crippen LogP contribution >= 0.6 is 11.3 Å². The summed E-state index contributed by atoms with van der Waals surface area (Å²) in [6.45, 7) is 1.79. The maximum atomic E-state index is 11.8. The zero-order valence-corrected chi connectivity index (χ0v) is 11.3. The van der Waals surface area contributed by atoms with Gasteiger partial charge in [0.2, 0.25) is 11.9 Å². The Morgan fingerprint density at radius 3 is 2.89 bits per heavy atom. The van der Waals surface area contributed by atoms with Crippen molar-refractivity contribution in [2.75, 3.05) is 25.1 Å². The van der Waals surface area contributed by atoms with E-state index in [0.717, 1.165) is 10.2 Å². The molecule has 1 atom stereocenters. The van der Waals surface area contributed by atoms with Crippen molar-refractivity contribution in [3.63, 3.8) is 0 Å². The van der Waals surface area contributed by atoms with Gasteiger partial charge in [0, 0.05) is 14.1 Å². The first-order chi connectivity index (χ1) is 8.49. The topological polar surface area (TPSA) is 84.1 Å². The van der Waals surface area contributed by atoms with Gasteiger partial charge in [-0.3, -0.25) is 4.79 Å². The van der Waals surface area contributed by atoms with E-state index in [2.05, 4.69) is 15.3 Å². The normalized spacial score (nSPS) is 12.4. The van der Waals surface area contributed by atoms with Gasteiger partial charge in [0.1, 0.15) is 16.7 Å². The Bertz CT molecular complexity index is 580. The molecule has 1 amide bonds. The number of fused-ring (bicyclic) bond motifs is 1. The van der Waals surface area contributed by atoms with Crippen molar-refractivity contribution in [1.29, 1.82) is 0 Å². The lowest BCUT2D eigenvalue weighted by molar-refractivity contribution is -0.129. The Kier molecular flexibility index (Phi) is 3.33. The highest BCUT2D eigenvalue weighted by Crippen LogP contribution is 2.26. The van der Waals surface area contributed by atoms with Gasteiger partial charge >= 0.3 is 0 Å². The molecule has 0 radical (unpaired) electrons. The zero-order chi connectivity index (χ0) is 13.3. The Morgan fingerprint density at radius 1 is 1.50 bits per heavy atom. The van der Waals surface area contributed by atoms with Crippen LogP contribution in [0.4, 0.5) is 11.8 Å². The van der Waals surface area contributed by atoms with Crippen LogP contribution in [-0.2, 0) is 4.79 Å². The molecule has 2 aromatic rings. The van der Waals surface area contributed by atoms with E-state index < -0.39 is 0 Å². The number of nitrogen functional groups attached to an aromatic ring is 1. The highest BCUT2D eigenvalue weighted by molar-refractivity contribution is 7.16. The molecule has 0 aliphatic rings. The van der Waals surface area contributed by atoms with Gasteiger partial charge < -0.3 is 16.0 Å². The largest absolute Gasteiger partial charge is 0.368 e. The van der Waals surface area contributed by atoms with Crippen LogP contribution in [-0.4, -0.2) is 40.9 Å². The highest BCUT2D eigenvalue weighted by Gasteiger charge is 2.17. The third-order valence-corrected chi connectivity index (χ3v) is 3.31. The number of carbonyl (C=O) groups excluding carboxylic acids is 1. The molecule has 7 heteroatoms. The first-order valence-corrected chi connectivity index (χ1v) is 6.35. The number of aromatic nitrogens is 2. The van der Waals surface area contributed by atoms with E-state index in [-0.39, 0.29) is 17.9 Å².